The average Bonchev–Trinajstić information content (AvgIpc) is 2.92. The third-order valence-electron chi connectivity index (χ3n) is 4.59. The smallest absolute Gasteiger partial charge is 0.310 e. The fraction of sp³-hybridized carbons (Fsp3) is 0.786. The summed E-state index contributed by atoms with van der Waals surface area (Å²) < 4.78 is 5.76. The Morgan fingerprint density at radius 3 is 2.56 bits per heavy atom. The number of carbonyl (C=O) groups excluding carboxylic acids is 1. The monoisotopic (exact) mass is 220 g/mol. The van der Waals surface area contributed by atoms with Gasteiger partial charge < -0.3 is 4.74 Å². The van der Waals surface area contributed by atoms with Crippen molar-refractivity contribution in [2.24, 2.45) is 17.8 Å². The third-order valence-corrected chi connectivity index (χ3v) is 4.59. The van der Waals surface area contributed by atoms with Crippen molar-refractivity contribution in [3.63, 3.8) is 0 Å². The van der Waals surface area contributed by atoms with Gasteiger partial charge in [-0.1, -0.05) is 12.2 Å². The molecule has 2 fully saturated rings. The van der Waals surface area contributed by atoms with Gasteiger partial charge in [0.25, 0.3) is 0 Å². The summed E-state index contributed by atoms with van der Waals surface area (Å²) in [5.41, 5.74) is -0.150. The molecule has 88 valence electrons. The van der Waals surface area contributed by atoms with E-state index in [1.54, 1.807) is 0 Å². The molecule has 3 aliphatic rings. The van der Waals surface area contributed by atoms with Crippen LogP contribution in [0.1, 0.15) is 45.4 Å². The number of allylic oxidation sites excluding steroid dienone is 2. The Labute approximate surface area is 97.1 Å². The second-order valence-corrected chi connectivity index (χ2v) is 5.96. The van der Waals surface area contributed by atoms with Crippen molar-refractivity contribution < 1.29 is 9.53 Å². The molecule has 0 amide bonds. The number of ether oxygens (including phenoxy) is 1. The number of carbonyl (C=O) groups is 1. The summed E-state index contributed by atoms with van der Waals surface area (Å²) in [5.74, 6) is 1.36. The normalized spacial score (nSPS) is 39.2. The Balaban J connectivity index is 1.63. The highest BCUT2D eigenvalue weighted by Gasteiger charge is 2.43. The van der Waals surface area contributed by atoms with Crippen molar-refractivity contribution in [2.75, 3.05) is 0 Å². The van der Waals surface area contributed by atoms with Crippen LogP contribution >= 0.6 is 0 Å². The van der Waals surface area contributed by atoms with Gasteiger partial charge in [0.1, 0.15) is 5.60 Å². The quantitative estimate of drug-likeness (QED) is 0.528. The molecule has 0 unspecified atom stereocenters. The van der Waals surface area contributed by atoms with E-state index in [0.29, 0.717) is 11.8 Å². The molecule has 0 aromatic carbocycles. The molecule has 0 spiro atoms. The highest BCUT2D eigenvalue weighted by molar-refractivity contribution is 5.74. The van der Waals surface area contributed by atoms with Crippen LogP contribution in [0.25, 0.3) is 0 Å². The van der Waals surface area contributed by atoms with E-state index in [-0.39, 0.29) is 17.5 Å². The Morgan fingerprint density at radius 2 is 2.00 bits per heavy atom. The van der Waals surface area contributed by atoms with Crippen LogP contribution in [0, 0.1) is 17.8 Å². The van der Waals surface area contributed by atoms with Crippen molar-refractivity contribution in [1.82, 2.24) is 0 Å². The van der Waals surface area contributed by atoms with E-state index < -0.39 is 0 Å². The van der Waals surface area contributed by atoms with Gasteiger partial charge in [-0.15, -0.1) is 0 Å². The standard InChI is InChI=1S/C14H20O2/c1-14(6-2-3-7-14)16-13(15)12-9-10-4-5-11(12)8-10/h4-5,10-12H,2-3,6-9H2,1H3/t10-,11-,12+/m1/s1. The summed E-state index contributed by atoms with van der Waals surface area (Å²) in [6, 6.07) is 0. The number of fused-ring (bicyclic) bond motifs is 2. The lowest BCUT2D eigenvalue weighted by Gasteiger charge is -2.27. The fourth-order valence-corrected chi connectivity index (χ4v) is 3.60. The van der Waals surface area contributed by atoms with Gasteiger partial charge in [0, 0.05) is 0 Å². The Bertz CT molecular complexity index is 326. The van der Waals surface area contributed by atoms with Gasteiger partial charge in [0.05, 0.1) is 5.92 Å². The first-order valence-corrected chi connectivity index (χ1v) is 6.57. The van der Waals surface area contributed by atoms with Crippen LogP contribution < -0.4 is 0 Å². The molecule has 0 aromatic heterocycles. The van der Waals surface area contributed by atoms with E-state index in [0.717, 1.165) is 19.3 Å². The number of hydrogen-bond acceptors (Lipinski definition) is 2. The fourth-order valence-electron chi connectivity index (χ4n) is 3.60. The Hall–Kier alpha value is -0.790. The predicted octanol–water partition coefficient (Wildman–Crippen LogP) is 3.07. The molecule has 0 aliphatic heterocycles. The summed E-state index contributed by atoms with van der Waals surface area (Å²) in [5, 5.41) is 0. The molecule has 3 rings (SSSR count). The lowest BCUT2D eigenvalue weighted by Crippen LogP contribution is -2.33. The number of hydrogen-bond donors (Lipinski definition) is 0. The van der Waals surface area contributed by atoms with Crippen LogP contribution in [0.2, 0.25) is 0 Å². The van der Waals surface area contributed by atoms with Gasteiger partial charge in [0.15, 0.2) is 0 Å². The van der Waals surface area contributed by atoms with Crippen LogP contribution in [-0.4, -0.2) is 11.6 Å². The predicted molar refractivity (Wildman–Crippen MR) is 61.8 cm³/mol. The second-order valence-electron chi connectivity index (χ2n) is 5.96. The van der Waals surface area contributed by atoms with Crippen LogP contribution in [-0.2, 0) is 9.53 Å². The summed E-state index contributed by atoms with van der Waals surface area (Å²) in [4.78, 5) is 12.1. The zero-order chi connectivity index (χ0) is 11.2. The molecule has 0 radical (unpaired) electrons. The SMILES string of the molecule is CC1(OC(=O)[C@H]2C[C@@H]3C=C[C@@H]2C3)CCCC1. The first-order chi connectivity index (χ1) is 7.66. The van der Waals surface area contributed by atoms with E-state index in [9.17, 15) is 4.79 Å². The highest BCUT2D eigenvalue weighted by Crippen LogP contribution is 2.45. The number of esters is 1. The molecule has 3 aliphatic carbocycles. The minimum absolute atomic E-state index is 0.0706. The van der Waals surface area contributed by atoms with Crippen LogP contribution in [0.3, 0.4) is 0 Å². The molecular weight excluding hydrogens is 200 g/mol. The van der Waals surface area contributed by atoms with Gasteiger partial charge in [-0.3, -0.25) is 4.79 Å². The maximum absolute atomic E-state index is 12.1. The van der Waals surface area contributed by atoms with Crippen molar-refractivity contribution in [2.45, 2.75) is 51.0 Å². The molecule has 2 heteroatoms. The first-order valence-electron chi connectivity index (χ1n) is 6.57. The summed E-state index contributed by atoms with van der Waals surface area (Å²) in [7, 11) is 0. The van der Waals surface area contributed by atoms with Gasteiger partial charge in [-0.25, -0.2) is 0 Å². The van der Waals surface area contributed by atoms with Gasteiger partial charge in [-0.05, 0) is 57.3 Å². The molecule has 16 heavy (non-hydrogen) atoms. The Morgan fingerprint density at radius 1 is 1.25 bits per heavy atom. The van der Waals surface area contributed by atoms with Crippen molar-refractivity contribution >= 4 is 5.97 Å². The minimum atomic E-state index is -0.150. The molecular formula is C14H20O2. The molecule has 0 aromatic rings. The molecule has 0 N–H and O–H groups in total. The lowest BCUT2D eigenvalue weighted by atomic mass is 9.93. The van der Waals surface area contributed by atoms with E-state index >= 15 is 0 Å². The van der Waals surface area contributed by atoms with Crippen molar-refractivity contribution in [3.05, 3.63) is 12.2 Å². The van der Waals surface area contributed by atoms with Gasteiger partial charge >= 0.3 is 5.97 Å². The van der Waals surface area contributed by atoms with E-state index in [4.69, 9.17) is 4.74 Å². The van der Waals surface area contributed by atoms with Gasteiger partial charge in [-0.2, -0.15) is 0 Å². The summed E-state index contributed by atoms with van der Waals surface area (Å²) in [6.45, 7) is 2.10. The largest absolute Gasteiger partial charge is 0.459 e. The molecule has 2 bridgehead atoms. The molecule has 0 heterocycles. The third kappa shape index (κ3) is 1.68. The van der Waals surface area contributed by atoms with Crippen LogP contribution in [0.4, 0.5) is 0 Å². The number of rotatable bonds is 2. The summed E-state index contributed by atoms with van der Waals surface area (Å²) in [6.07, 6.45) is 11.2. The molecule has 2 saturated carbocycles. The maximum Gasteiger partial charge on any atom is 0.310 e. The molecule has 2 nitrogen and oxygen atoms in total. The van der Waals surface area contributed by atoms with Crippen LogP contribution in [0.15, 0.2) is 12.2 Å². The average molecular weight is 220 g/mol. The second kappa shape index (κ2) is 3.61. The first kappa shape index (κ1) is 10.4. The van der Waals surface area contributed by atoms with E-state index in [2.05, 4.69) is 19.1 Å². The van der Waals surface area contributed by atoms with E-state index in [1.807, 2.05) is 0 Å². The van der Waals surface area contributed by atoms with Crippen molar-refractivity contribution in [3.8, 4) is 0 Å². The van der Waals surface area contributed by atoms with Gasteiger partial charge in [0.2, 0.25) is 0 Å². The lowest BCUT2D eigenvalue weighted by molar-refractivity contribution is -0.163. The summed E-state index contributed by atoms with van der Waals surface area (Å²) >= 11 is 0. The topological polar surface area (TPSA) is 26.3 Å². The molecule has 3 atom stereocenters. The Kier molecular flexibility index (Phi) is 2.34. The highest BCUT2D eigenvalue weighted by atomic mass is 16.6. The molecule has 0 saturated heterocycles. The van der Waals surface area contributed by atoms with Crippen LogP contribution in [0.5, 0.6) is 0 Å². The maximum atomic E-state index is 12.1. The van der Waals surface area contributed by atoms with Crippen molar-refractivity contribution in [1.29, 1.82) is 0 Å². The zero-order valence-electron chi connectivity index (χ0n) is 9.95. The zero-order valence-corrected chi connectivity index (χ0v) is 9.95. The minimum Gasteiger partial charge on any atom is -0.459 e. The van der Waals surface area contributed by atoms with E-state index in [1.165, 1.54) is 19.3 Å².